The van der Waals surface area contributed by atoms with Crippen molar-refractivity contribution in [3.8, 4) is 0 Å². The number of para-hydroxylation sites is 1. The molecule has 0 aliphatic rings. The van der Waals surface area contributed by atoms with Gasteiger partial charge in [-0.15, -0.1) is 0 Å². The molecule has 0 heterocycles. The molecule has 1 aromatic rings. The van der Waals surface area contributed by atoms with Crippen LogP contribution in [0.15, 0.2) is 41.7 Å². The van der Waals surface area contributed by atoms with Gasteiger partial charge in [0.2, 0.25) is 0 Å². The third kappa shape index (κ3) is 5.49. The van der Waals surface area contributed by atoms with Gasteiger partial charge in [-0.2, -0.15) is 13.2 Å². The van der Waals surface area contributed by atoms with E-state index in [0.717, 1.165) is 0 Å². The lowest BCUT2D eigenvalue weighted by molar-refractivity contribution is -0.173. The zero-order valence-corrected chi connectivity index (χ0v) is 13.2. The topological polar surface area (TPSA) is 96.2 Å². The van der Waals surface area contributed by atoms with E-state index in [4.69, 9.17) is 5.73 Å². The maximum atomic E-state index is 12.2. The minimum atomic E-state index is -4.96. The number of halogens is 3. The highest BCUT2D eigenvalue weighted by molar-refractivity contribution is 6.03. The van der Waals surface area contributed by atoms with E-state index in [-0.39, 0.29) is 17.9 Å². The number of carbonyl (C=O) groups is 2. The van der Waals surface area contributed by atoms with E-state index in [1.54, 1.807) is 35.6 Å². The lowest BCUT2D eigenvalue weighted by Crippen LogP contribution is -2.40. The van der Waals surface area contributed by atoms with Gasteiger partial charge in [0.1, 0.15) is 5.70 Å². The molecule has 0 saturated carbocycles. The number of anilines is 1. The number of hydrogen-bond donors (Lipinski definition) is 4. The maximum absolute atomic E-state index is 12.2. The number of rotatable bonds is 6. The zero-order valence-electron chi connectivity index (χ0n) is 13.2. The van der Waals surface area contributed by atoms with Crippen molar-refractivity contribution < 1.29 is 22.8 Å². The van der Waals surface area contributed by atoms with Gasteiger partial charge in [-0.1, -0.05) is 25.1 Å². The van der Waals surface area contributed by atoms with Crippen LogP contribution in [0.5, 0.6) is 0 Å². The smallest absolute Gasteiger partial charge is 0.393 e. The first-order valence-corrected chi connectivity index (χ1v) is 7.05. The van der Waals surface area contributed by atoms with E-state index in [9.17, 15) is 22.8 Å². The van der Waals surface area contributed by atoms with Gasteiger partial charge in [0.25, 0.3) is 5.91 Å². The second-order valence-corrected chi connectivity index (χ2v) is 5.01. The maximum Gasteiger partial charge on any atom is 0.471 e. The summed E-state index contributed by atoms with van der Waals surface area (Å²) in [5.41, 5.74) is 6.37. The largest absolute Gasteiger partial charge is 0.471 e. The molecule has 0 aliphatic heterocycles. The molecule has 0 aromatic heterocycles. The van der Waals surface area contributed by atoms with Gasteiger partial charge in [-0.25, -0.2) is 0 Å². The van der Waals surface area contributed by atoms with Crippen LogP contribution in [0.2, 0.25) is 0 Å². The number of hydrogen-bond acceptors (Lipinski definition) is 4. The van der Waals surface area contributed by atoms with Gasteiger partial charge in [0.15, 0.2) is 0 Å². The summed E-state index contributed by atoms with van der Waals surface area (Å²) in [4.78, 5) is 23.0. The highest BCUT2D eigenvalue weighted by Crippen LogP contribution is 2.16. The van der Waals surface area contributed by atoms with Gasteiger partial charge in [0, 0.05) is 30.9 Å². The predicted molar refractivity (Wildman–Crippen MR) is 83.6 cm³/mol. The predicted octanol–water partition coefficient (Wildman–Crippen LogP) is 1.33. The second-order valence-electron chi connectivity index (χ2n) is 5.01. The molecule has 6 nitrogen and oxygen atoms in total. The molecule has 2 amide bonds. The van der Waals surface area contributed by atoms with Crippen LogP contribution in [0.3, 0.4) is 0 Å². The summed E-state index contributed by atoms with van der Waals surface area (Å²) in [5.74, 6) is -3.26. The highest BCUT2D eigenvalue weighted by atomic mass is 19.4. The third-order valence-electron chi connectivity index (χ3n) is 3.15. The molecule has 0 spiro atoms. The molecular formula is C15H19F3N4O2. The Hall–Kier alpha value is -2.71. The van der Waals surface area contributed by atoms with Crippen molar-refractivity contribution in [1.29, 1.82) is 0 Å². The van der Waals surface area contributed by atoms with Crippen molar-refractivity contribution in [2.75, 3.05) is 18.9 Å². The number of carbonyl (C=O) groups excluding carboxylic acids is 2. The first kappa shape index (κ1) is 19.3. The molecule has 1 aromatic carbocycles. The molecule has 132 valence electrons. The number of nitrogens with two attached hydrogens (primary N) is 1. The molecule has 0 fully saturated rings. The van der Waals surface area contributed by atoms with Crippen molar-refractivity contribution in [2.45, 2.75) is 13.1 Å². The van der Waals surface area contributed by atoms with Gasteiger partial charge in [-0.05, 0) is 12.1 Å². The first-order chi connectivity index (χ1) is 11.2. The Kier molecular flexibility index (Phi) is 6.63. The van der Waals surface area contributed by atoms with Crippen molar-refractivity contribution in [2.24, 2.45) is 11.7 Å². The fourth-order valence-electron chi connectivity index (χ4n) is 1.94. The monoisotopic (exact) mass is 344 g/mol. The van der Waals surface area contributed by atoms with Crippen LogP contribution < -0.4 is 21.7 Å². The van der Waals surface area contributed by atoms with E-state index < -0.39 is 23.9 Å². The van der Waals surface area contributed by atoms with Gasteiger partial charge < -0.3 is 21.7 Å². The van der Waals surface area contributed by atoms with Crippen molar-refractivity contribution in [3.63, 3.8) is 0 Å². The summed E-state index contributed by atoms with van der Waals surface area (Å²) in [6, 6.07) is 8.56. The van der Waals surface area contributed by atoms with Crippen LogP contribution in [0.4, 0.5) is 18.9 Å². The lowest BCUT2D eigenvalue weighted by Gasteiger charge is -2.19. The molecule has 0 bridgehead atoms. The third-order valence-corrected chi connectivity index (χ3v) is 3.15. The summed E-state index contributed by atoms with van der Waals surface area (Å²) in [7, 11) is 1.49. The summed E-state index contributed by atoms with van der Waals surface area (Å²) in [6.07, 6.45) is -4.96. The Morgan fingerprint density at radius 1 is 1.21 bits per heavy atom. The van der Waals surface area contributed by atoms with E-state index in [2.05, 4.69) is 10.6 Å². The van der Waals surface area contributed by atoms with Gasteiger partial charge >= 0.3 is 12.1 Å². The molecule has 0 saturated heterocycles. The van der Waals surface area contributed by atoms with Crippen LogP contribution in [-0.2, 0) is 9.59 Å². The first-order valence-electron chi connectivity index (χ1n) is 7.05. The number of nitrogens with one attached hydrogen (secondary N) is 3. The van der Waals surface area contributed by atoms with Crippen LogP contribution in [0.25, 0.3) is 0 Å². The summed E-state index contributed by atoms with van der Waals surface area (Å²) in [5, 5.41) is 7.02. The van der Waals surface area contributed by atoms with Crippen molar-refractivity contribution in [3.05, 3.63) is 41.7 Å². The Morgan fingerprint density at radius 3 is 2.29 bits per heavy atom. The average molecular weight is 344 g/mol. The lowest BCUT2D eigenvalue weighted by atomic mass is 10.1. The van der Waals surface area contributed by atoms with Crippen LogP contribution in [0, 0.1) is 5.92 Å². The normalized spacial score (nSPS) is 13.5. The van der Waals surface area contributed by atoms with Crippen LogP contribution in [0.1, 0.15) is 6.92 Å². The Balaban J connectivity index is 2.78. The van der Waals surface area contributed by atoms with Crippen LogP contribution >= 0.6 is 0 Å². The summed E-state index contributed by atoms with van der Waals surface area (Å²) >= 11 is 0. The number of benzene rings is 1. The molecule has 1 atom stereocenters. The van der Waals surface area contributed by atoms with E-state index >= 15 is 0 Å². The van der Waals surface area contributed by atoms with Crippen molar-refractivity contribution >= 4 is 17.5 Å². The van der Waals surface area contributed by atoms with Crippen LogP contribution in [-0.4, -0.2) is 31.6 Å². The molecule has 0 radical (unpaired) electrons. The molecule has 1 rings (SSSR count). The Morgan fingerprint density at radius 2 is 1.79 bits per heavy atom. The SMILES string of the molecule is CN/C(=C(/N)C(=O)Nc1ccccc1)[C@@H](C)CNC(=O)C(F)(F)F. The van der Waals surface area contributed by atoms with E-state index in [1.807, 2.05) is 0 Å². The fraction of sp³-hybridized carbons (Fsp3) is 0.333. The summed E-state index contributed by atoms with van der Waals surface area (Å²) in [6.45, 7) is 1.21. The zero-order chi connectivity index (χ0) is 18.3. The molecule has 9 heteroatoms. The summed E-state index contributed by atoms with van der Waals surface area (Å²) < 4.78 is 36.5. The van der Waals surface area contributed by atoms with Crippen molar-refractivity contribution in [1.82, 2.24) is 10.6 Å². The standard InChI is InChI=1S/C15H19F3N4O2/c1-9(8-21-14(24)15(16,17)18)12(20-2)11(19)13(23)22-10-6-4-3-5-7-10/h3-7,9,20H,8,19H2,1-2H3,(H,21,24)(H,22,23)/b12-11+/t9-/m0/s1. The Labute approximate surface area is 137 Å². The Bertz CT molecular complexity index is 615. The second kappa shape index (κ2) is 8.23. The molecule has 5 N–H and O–H groups in total. The molecule has 0 aliphatic carbocycles. The van der Waals surface area contributed by atoms with E-state index in [1.165, 1.54) is 14.0 Å². The number of amides is 2. The minimum absolute atomic E-state index is 0.171. The minimum Gasteiger partial charge on any atom is -0.393 e. The number of alkyl halides is 3. The quantitative estimate of drug-likeness (QED) is 0.586. The fourth-order valence-corrected chi connectivity index (χ4v) is 1.94. The van der Waals surface area contributed by atoms with Gasteiger partial charge in [0.05, 0.1) is 0 Å². The average Bonchev–Trinajstić information content (AvgIpc) is 2.53. The van der Waals surface area contributed by atoms with E-state index in [0.29, 0.717) is 5.69 Å². The molecular weight excluding hydrogens is 325 g/mol. The molecule has 24 heavy (non-hydrogen) atoms. The molecule has 0 unspecified atom stereocenters. The van der Waals surface area contributed by atoms with Gasteiger partial charge in [-0.3, -0.25) is 9.59 Å². The highest BCUT2D eigenvalue weighted by Gasteiger charge is 2.38.